The monoisotopic (exact) mass is 317 g/mol. The maximum absolute atomic E-state index is 12.5. The van der Waals surface area contributed by atoms with E-state index in [9.17, 15) is 9.59 Å². The van der Waals surface area contributed by atoms with E-state index in [4.69, 9.17) is 23.2 Å². The fourth-order valence-electron chi connectivity index (χ4n) is 2.21. The van der Waals surface area contributed by atoms with Crippen LogP contribution in [0.25, 0.3) is 5.57 Å². The van der Waals surface area contributed by atoms with Gasteiger partial charge in [0.15, 0.2) is 0 Å². The molecule has 0 atom stereocenters. The molecule has 0 aliphatic carbocycles. The molecule has 1 aliphatic rings. The zero-order valence-corrected chi connectivity index (χ0v) is 12.2. The summed E-state index contributed by atoms with van der Waals surface area (Å²) in [7, 11) is 0. The minimum Gasteiger partial charge on any atom is -0.269 e. The first-order valence-corrected chi connectivity index (χ1v) is 6.93. The second-order valence-corrected chi connectivity index (χ2v) is 5.40. The zero-order chi connectivity index (χ0) is 15.0. The minimum absolute atomic E-state index is 0.358. The Hall–Kier alpha value is -2.10. The molecule has 2 aromatic rings. The largest absolute Gasteiger partial charge is 0.269 e. The number of benzene rings is 2. The molecule has 0 aromatic heterocycles. The molecular weight excluding hydrogens is 309 g/mol. The van der Waals surface area contributed by atoms with Crippen molar-refractivity contribution in [2.24, 2.45) is 0 Å². The summed E-state index contributed by atoms with van der Waals surface area (Å²) in [6, 6.07) is 13.6. The molecule has 21 heavy (non-hydrogen) atoms. The minimum atomic E-state index is -0.405. The van der Waals surface area contributed by atoms with E-state index in [1.165, 1.54) is 18.2 Å². The topological polar surface area (TPSA) is 37.4 Å². The molecule has 3 rings (SSSR count). The van der Waals surface area contributed by atoms with Crippen molar-refractivity contribution in [3.05, 3.63) is 70.2 Å². The third-order valence-corrected chi connectivity index (χ3v) is 3.55. The summed E-state index contributed by atoms with van der Waals surface area (Å²) in [6.07, 6.45) is 1.33. The molecular formula is C16H9Cl2NO2. The van der Waals surface area contributed by atoms with Crippen LogP contribution in [-0.4, -0.2) is 11.8 Å². The first-order valence-electron chi connectivity index (χ1n) is 6.18. The Kier molecular flexibility index (Phi) is 3.53. The summed E-state index contributed by atoms with van der Waals surface area (Å²) in [6.45, 7) is 0. The highest BCUT2D eigenvalue weighted by molar-refractivity contribution is 6.44. The summed E-state index contributed by atoms with van der Waals surface area (Å²) in [5.74, 6) is -0.790. The number of carbonyl (C=O) groups is 2. The SMILES string of the molecule is O=C1C=C(c2ccccc2)C(=O)N1c1cc(Cl)cc(Cl)c1. The van der Waals surface area contributed by atoms with Crippen LogP contribution in [0.4, 0.5) is 5.69 Å². The normalized spacial score (nSPS) is 14.6. The van der Waals surface area contributed by atoms with Crippen LogP contribution in [0.2, 0.25) is 10.0 Å². The predicted molar refractivity (Wildman–Crippen MR) is 83.4 cm³/mol. The molecule has 1 aliphatic heterocycles. The third-order valence-electron chi connectivity index (χ3n) is 3.11. The summed E-state index contributed by atoms with van der Waals surface area (Å²) < 4.78 is 0. The highest BCUT2D eigenvalue weighted by atomic mass is 35.5. The molecule has 1 heterocycles. The Labute approximate surface area is 131 Å². The Morgan fingerprint density at radius 3 is 2.10 bits per heavy atom. The van der Waals surface area contributed by atoms with E-state index in [1.54, 1.807) is 18.2 Å². The van der Waals surface area contributed by atoms with Gasteiger partial charge >= 0.3 is 0 Å². The summed E-state index contributed by atoms with van der Waals surface area (Å²) in [4.78, 5) is 25.7. The number of hydrogen-bond acceptors (Lipinski definition) is 2. The second-order valence-electron chi connectivity index (χ2n) is 4.53. The van der Waals surface area contributed by atoms with Gasteiger partial charge in [-0.1, -0.05) is 53.5 Å². The predicted octanol–water partition coefficient (Wildman–Crippen LogP) is 3.95. The highest BCUT2D eigenvalue weighted by Crippen LogP contribution is 2.31. The molecule has 0 bridgehead atoms. The van der Waals surface area contributed by atoms with Crippen LogP contribution >= 0.6 is 23.2 Å². The first kappa shape index (κ1) is 13.9. The van der Waals surface area contributed by atoms with Crippen LogP contribution in [0.1, 0.15) is 5.56 Å². The lowest BCUT2D eigenvalue weighted by Gasteiger charge is -2.15. The second kappa shape index (κ2) is 5.35. The maximum atomic E-state index is 12.5. The average Bonchev–Trinajstić information content (AvgIpc) is 2.74. The van der Waals surface area contributed by atoms with Gasteiger partial charge in [-0.3, -0.25) is 9.59 Å². The van der Waals surface area contributed by atoms with Crippen molar-refractivity contribution in [3.63, 3.8) is 0 Å². The van der Waals surface area contributed by atoms with Crippen molar-refractivity contribution in [3.8, 4) is 0 Å². The smallest absolute Gasteiger partial charge is 0.266 e. The van der Waals surface area contributed by atoms with Crippen LogP contribution in [0.15, 0.2) is 54.6 Å². The van der Waals surface area contributed by atoms with E-state index >= 15 is 0 Å². The Morgan fingerprint density at radius 2 is 1.48 bits per heavy atom. The van der Waals surface area contributed by atoms with Crippen LogP contribution in [0.3, 0.4) is 0 Å². The molecule has 0 unspecified atom stereocenters. The fourth-order valence-corrected chi connectivity index (χ4v) is 2.72. The number of anilines is 1. The van der Waals surface area contributed by atoms with Gasteiger partial charge in [0.1, 0.15) is 0 Å². The first-order chi connectivity index (χ1) is 10.1. The molecule has 0 saturated heterocycles. The van der Waals surface area contributed by atoms with Crippen molar-refractivity contribution in [2.45, 2.75) is 0 Å². The number of halogens is 2. The van der Waals surface area contributed by atoms with Gasteiger partial charge in [0.2, 0.25) is 0 Å². The van der Waals surface area contributed by atoms with Gasteiger partial charge in [0.05, 0.1) is 11.3 Å². The quantitative estimate of drug-likeness (QED) is 0.786. The molecule has 0 N–H and O–H groups in total. The number of rotatable bonds is 2. The number of hydrogen-bond donors (Lipinski definition) is 0. The number of nitrogens with zero attached hydrogens (tertiary/aromatic N) is 1. The molecule has 3 nitrogen and oxygen atoms in total. The molecule has 0 spiro atoms. The number of carbonyl (C=O) groups excluding carboxylic acids is 2. The van der Waals surface area contributed by atoms with Crippen molar-refractivity contribution in [1.82, 2.24) is 0 Å². The van der Waals surface area contributed by atoms with E-state index in [-0.39, 0.29) is 5.91 Å². The van der Waals surface area contributed by atoms with Gasteiger partial charge < -0.3 is 0 Å². The van der Waals surface area contributed by atoms with Gasteiger partial charge in [-0.2, -0.15) is 0 Å². The van der Waals surface area contributed by atoms with Crippen LogP contribution in [-0.2, 0) is 9.59 Å². The summed E-state index contributed by atoms with van der Waals surface area (Å²) >= 11 is 11.9. The van der Waals surface area contributed by atoms with E-state index in [1.807, 2.05) is 18.2 Å². The van der Waals surface area contributed by atoms with Crippen LogP contribution < -0.4 is 4.90 Å². The van der Waals surface area contributed by atoms with Gasteiger partial charge in [-0.05, 0) is 23.8 Å². The highest BCUT2D eigenvalue weighted by Gasteiger charge is 2.33. The molecule has 5 heteroatoms. The van der Waals surface area contributed by atoms with Crippen LogP contribution in [0.5, 0.6) is 0 Å². The van der Waals surface area contributed by atoms with Crippen molar-refractivity contribution in [1.29, 1.82) is 0 Å². The standard InChI is InChI=1S/C16H9Cl2NO2/c17-11-6-12(18)8-13(7-11)19-15(20)9-14(16(19)21)10-4-2-1-3-5-10/h1-9H. The van der Waals surface area contributed by atoms with Gasteiger partial charge in [-0.25, -0.2) is 4.90 Å². The Balaban J connectivity index is 2.01. The number of imide groups is 1. The van der Waals surface area contributed by atoms with E-state index in [0.717, 1.165) is 4.90 Å². The molecule has 2 amide bonds. The molecule has 0 fully saturated rings. The molecule has 2 aromatic carbocycles. The lowest BCUT2D eigenvalue weighted by molar-refractivity contribution is -0.119. The van der Waals surface area contributed by atoms with Gasteiger partial charge in [0.25, 0.3) is 11.8 Å². The Morgan fingerprint density at radius 1 is 0.857 bits per heavy atom. The van der Waals surface area contributed by atoms with Crippen molar-refractivity contribution < 1.29 is 9.59 Å². The van der Waals surface area contributed by atoms with Crippen molar-refractivity contribution >= 4 is 46.3 Å². The fraction of sp³-hybridized carbons (Fsp3) is 0. The lowest BCUT2D eigenvalue weighted by Crippen LogP contribution is -2.30. The van der Waals surface area contributed by atoms with Gasteiger partial charge in [-0.15, -0.1) is 0 Å². The zero-order valence-electron chi connectivity index (χ0n) is 10.7. The summed E-state index contributed by atoms with van der Waals surface area (Å²) in [5.41, 5.74) is 1.42. The average molecular weight is 318 g/mol. The third kappa shape index (κ3) is 2.58. The summed E-state index contributed by atoms with van der Waals surface area (Å²) in [5, 5.41) is 0.734. The lowest BCUT2D eigenvalue weighted by atomic mass is 10.1. The molecule has 0 radical (unpaired) electrons. The van der Waals surface area contributed by atoms with E-state index in [2.05, 4.69) is 0 Å². The maximum Gasteiger partial charge on any atom is 0.266 e. The van der Waals surface area contributed by atoms with Crippen LogP contribution in [0, 0.1) is 0 Å². The molecule has 104 valence electrons. The Bertz CT molecular complexity index is 749. The van der Waals surface area contributed by atoms with E-state index < -0.39 is 5.91 Å². The number of amides is 2. The van der Waals surface area contributed by atoms with Gasteiger partial charge in [0, 0.05) is 16.1 Å². The molecule has 0 saturated carbocycles. The van der Waals surface area contributed by atoms with E-state index in [0.29, 0.717) is 26.9 Å². The van der Waals surface area contributed by atoms with Crippen molar-refractivity contribution in [2.75, 3.05) is 4.90 Å².